The van der Waals surface area contributed by atoms with Gasteiger partial charge < -0.3 is 15.2 Å². The minimum absolute atomic E-state index is 0.279. The van der Waals surface area contributed by atoms with Crippen molar-refractivity contribution in [3.05, 3.63) is 12.7 Å². The van der Waals surface area contributed by atoms with Crippen molar-refractivity contribution in [2.45, 2.75) is 57.9 Å². The van der Waals surface area contributed by atoms with Gasteiger partial charge in [0.25, 0.3) is 0 Å². The van der Waals surface area contributed by atoms with E-state index < -0.39 is 18.1 Å². The van der Waals surface area contributed by atoms with Gasteiger partial charge in [0.15, 0.2) is 0 Å². The van der Waals surface area contributed by atoms with Crippen LogP contribution in [0.2, 0.25) is 0 Å². The van der Waals surface area contributed by atoms with Crippen molar-refractivity contribution < 1.29 is 19.4 Å². The van der Waals surface area contributed by atoms with Gasteiger partial charge in [-0.15, -0.1) is 6.58 Å². The topological polar surface area (TPSA) is 75.6 Å². The Morgan fingerprint density at radius 1 is 1.40 bits per heavy atom. The highest BCUT2D eigenvalue weighted by Gasteiger charge is 2.41. The van der Waals surface area contributed by atoms with Gasteiger partial charge in [-0.05, 0) is 31.1 Å². The first-order valence-corrected chi connectivity index (χ1v) is 7.26. The molecule has 0 aromatic heterocycles. The lowest BCUT2D eigenvalue weighted by molar-refractivity contribution is -0.143. The van der Waals surface area contributed by atoms with E-state index in [4.69, 9.17) is 4.74 Å². The zero-order valence-corrected chi connectivity index (χ0v) is 12.2. The molecule has 5 heteroatoms. The molecule has 0 aromatic rings. The largest absolute Gasteiger partial charge is 0.480 e. The van der Waals surface area contributed by atoms with Crippen LogP contribution in [-0.4, -0.2) is 29.8 Å². The lowest BCUT2D eigenvalue weighted by Crippen LogP contribution is -2.52. The van der Waals surface area contributed by atoms with Crippen molar-refractivity contribution in [3.63, 3.8) is 0 Å². The maximum absolute atomic E-state index is 11.7. The number of rotatable bonds is 7. The molecule has 1 aliphatic rings. The maximum Gasteiger partial charge on any atom is 0.407 e. The molecule has 0 aliphatic heterocycles. The number of alkyl carbamates (subject to hydrolysis) is 1. The van der Waals surface area contributed by atoms with Gasteiger partial charge in [0, 0.05) is 0 Å². The number of carboxylic acid groups (broad SMARTS) is 1. The van der Waals surface area contributed by atoms with Crippen molar-refractivity contribution in [1.82, 2.24) is 5.32 Å². The van der Waals surface area contributed by atoms with Gasteiger partial charge >= 0.3 is 12.1 Å². The molecule has 1 atom stereocenters. The Morgan fingerprint density at radius 3 is 2.60 bits per heavy atom. The third-order valence-electron chi connectivity index (χ3n) is 3.99. The fourth-order valence-electron chi connectivity index (χ4n) is 2.73. The summed E-state index contributed by atoms with van der Waals surface area (Å²) in [4.78, 5) is 23.1. The second-order valence-electron chi connectivity index (χ2n) is 5.70. The third kappa shape index (κ3) is 4.87. The number of hydrogen-bond acceptors (Lipinski definition) is 3. The lowest BCUT2D eigenvalue weighted by Gasteiger charge is -2.38. The number of carbonyl (C=O) groups is 2. The molecule has 0 radical (unpaired) electrons. The minimum Gasteiger partial charge on any atom is -0.480 e. The van der Waals surface area contributed by atoms with Crippen LogP contribution in [0.15, 0.2) is 12.7 Å². The van der Waals surface area contributed by atoms with Crippen LogP contribution in [0.25, 0.3) is 0 Å². The third-order valence-corrected chi connectivity index (χ3v) is 3.99. The molecular weight excluding hydrogens is 258 g/mol. The number of carboxylic acids is 1. The number of nitrogens with one attached hydrogen (secondary N) is 1. The number of allylic oxidation sites excluding steroid dienone is 1. The standard InChI is InChI=1S/C15H25NO4/c1-3-4-8-11-20-14(19)16-12(13(17)18)15(2)9-6-5-7-10-15/h3,12H,1,4-11H2,2H3,(H,16,19)(H,17,18)/t12-/m1/s1. The average molecular weight is 283 g/mol. The first-order chi connectivity index (χ1) is 9.49. The predicted molar refractivity (Wildman–Crippen MR) is 76.5 cm³/mol. The summed E-state index contributed by atoms with van der Waals surface area (Å²) in [5, 5.41) is 11.9. The Bertz CT molecular complexity index is 348. The molecule has 0 spiro atoms. The van der Waals surface area contributed by atoms with Crippen molar-refractivity contribution in [2.75, 3.05) is 6.61 Å². The molecule has 2 N–H and O–H groups in total. The number of amides is 1. The van der Waals surface area contributed by atoms with E-state index in [1.807, 2.05) is 6.92 Å². The monoisotopic (exact) mass is 283 g/mol. The summed E-state index contributed by atoms with van der Waals surface area (Å²) in [6.07, 6.45) is 7.37. The number of unbranched alkanes of at least 4 members (excludes halogenated alkanes) is 1. The molecule has 0 heterocycles. The molecule has 114 valence electrons. The second-order valence-corrected chi connectivity index (χ2v) is 5.70. The number of aliphatic carboxylic acids is 1. The summed E-state index contributed by atoms with van der Waals surface area (Å²) in [6, 6.07) is -0.880. The molecule has 1 amide bonds. The van der Waals surface area contributed by atoms with E-state index in [1.165, 1.54) is 0 Å². The molecular formula is C15H25NO4. The zero-order chi connectivity index (χ0) is 15.0. The van der Waals surface area contributed by atoms with Crippen molar-refractivity contribution in [1.29, 1.82) is 0 Å². The van der Waals surface area contributed by atoms with Crippen molar-refractivity contribution >= 4 is 12.1 Å². The van der Waals surface area contributed by atoms with E-state index in [0.717, 1.165) is 38.5 Å². The van der Waals surface area contributed by atoms with Gasteiger partial charge in [-0.3, -0.25) is 0 Å². The quantitative estimate of drug-likeness (QED) is 0.556. The van der Waals surface area contributed by atoms with Gasteiger partial charge in [-0.25, -0.2) is 9.59 Å². The Morgan fingerprint density at radius 2 is 2.05 bits per heavy atom. The van der Waals surface area contributed by atoms with Crippen LogP contribution in [0.1, 0.15) is 51.9 Å². The van der Waals surface area contributed by atoms with Crippen LogP contribution in [-0.2, 0) is 9.53 Å². The van der Waals surface area contributed by atoms with E-state index in [1.54, 1.807) is 6.08 Å². The zero-order valence-electron chi connectivity index (χ0n) is 12.2. The first-order valence-electron chi connectivity index (χ1n) is 7.26. The minimum atomic E-state index is -0.988. The van der Waals surface area contributed by atoms with Crippen LogP contribution in [0, 0.1) is 5.41 Å². The number of hydrogen-bond donors (Lipinski definition) is 2. The molecule has 0 aromatic carbocycles. The summed E-state index contributed by atoms with van der Waals surface area (Å²) in [6.45, 7) is 5.80. The van der Waals surface area contributed by atoms with Gasteiger partial charge in [-0.2, -0.15) is 0 Å². The van der Waals surface area contributed by atoms with E-state index in [9.17, 15) is 14.7 Å². The summed E-state index contributed by atoms with van der Waals surface area (Å²) < 4.78 is 5.00. The van der Waals surface area contributed by atoms with Gasteiger partial charge in [0.2, 0.25) is 0 Å². The molecule has 1 saturated carbocycles. The summed E-state index contributed by atoms with van der Waals surface area (Å²) in [5.41, 5.74) is -0.385. The second kappa shape index (κ2) is 7.92. The molecule has 0 unspecified atom stereocenters. The normalized spacial score (nSPS) is 18.9. The highest BCUT2D eigenvalue weighted by molar-refractivity contribution is 5.80. The van der Waals surface area contributed by atoms with Crippen LogP contribution in [0.5, 0.6) is 0 Å². The van der Waals surface area contributed by atoms with E-state index in [0.29, 0.717) is 6.42 Å². The maximum atomic E-state index is 11.7. The van der Waals surface area contributed by atoms with Gasteiger partial charge in [0.1, 0.15) is 6.04 Å². The Balaban J connectivity index is 2.52. The lowest BCUT2D eigenvalue weighted by atomic mass is 9.70. The smallest absolute Gasteiger partial charge is 0.407 e. The number of carbonyl (C=O) groups excluding carboxylic acids is 1. The van der Waals surface area contributed by atoms with Crippen LogP contribution >= 0.6 is 0 Å². The van der Waals surface area contributed by atoms with E-state index in [-0.39, 0.29) is 12.0 Å². The fourth-order valence-corrected chi connectivity index (χ4v) is 2.73. The summed E-state index contributed by atoms with van der Waals surface area (Å²) in [5.74, 6) is -0.988. The molecule has 0 bridgehead atoms. The average Bonchev–Trinajstić information content (AvgIpc) is 2.41. The van der Waals surface area contributed by atoms with Gasteiger partial charge in [0.05, 0.1) is 6.61 Å². The SMILES string of the molecule is C=CCCCOC(=O)N[C@H](C(=O)O)C1(C)CCCCC1. The Hall–Kier alpha value is -1.52. The summed E-state index contributed by atoms with van der Waals surface area (Å²) in [7, 11) is 0. The van der Waals surface area contributed by atoms with E-state index in [2.05, 4.69) is 11.9 Å². The summed E-state index contributed by atoms with van der Waals surface area (Å²) >= 11 is 0. The molecule has 1 aliphatic carbocycles. The number of ether oxygens (including phenoxy) is 1. The van der Waals surface area contributed by atoms with Crippen molar-refractivity contribution in [3.8, 4) is 0 Å². The first kappa shape index (κ1) is 16.5. The molecule has 1 rings (SSSR count). The van der Waals surface area contributed by atoms with Crippen LogP contribution in [0.4, 0.5) is 4.79 Å². The van der Waals surface area contributed by atoms with E-state index >= 15 is 0 Å². The molecule has 20 heavy (non-hydrogen) atoms. The Labute approximate surface area is 120 Å². The Kier molecular flexibility index (Phi) is 6.55. The fraction of sp³-hybridized carbons (Fsp3) is 0.733. The molecule has 5 nitrogen and oxygen atoms in total. The highest BCUT2D eigenvalue weighted by Crippen LogP contribution is 2.38. The molecule has 1 fully saturated rings. The van der Waals surface area contributed by atoms with Crippen molar-refractivity contribution in [2.24, 2.45) is 5.41 Å². The van der Waals surface area contributed by atoms with Crippen LogP contribution in [0.3, 0.4) is 0 Å². The van der Waals surface area contributed by atoms with Gasteiger partial charge in [-0.1, -0.05) is 32.3 Å². The molecule has 0 saturated heterocycles. The highest BCUT2D eigenvalue weighted by atomic mass is 16.5. The predicted octanol–water partition coefficient (Wildman–Crippen LogP) is 3.10. The van der Waals surface area contributed by atoms with Crippen LogP contribution < -0.4 is 5.32 Å².